The molecule has 3 aliphatic rings. The van der Waals surface area contributed by atoms with Crippen LogP contribution in [0.5, 0.6) is 0 Å². The van der Waals surface area contributed by atoms with E-state index in [0.29, 0.717) is 22.9 Å². The van der Waals surface area contributed by atoms with Gasteiger partial charge in [-0.1, -0.05) is 164 Å². The Bertz CT molecular complexity index is 3020. The summed E-state index contributed by atoms with van der Waals surface area (Å²) in [5, 5.41) is 2.33. The average Bonchev–Trinajstić information content (AvgIpc) is 3.31. The van der Waals surface area contributed by atoms with E-state index in [1.165, 1.54) is 30.2 Å². The number of rotatable bonds is 8. The van der Waals surface area contributed by atoms with Crippen LogP contribution in [0.4, 0.5) is 0 Å². The number of nitrogens with zero attached hydrogens (tertiary/aromatic N) is 5. The molecule has 3 aliphatic carbocycles. The summed E-state index contributed by atoms with van der Waals surface area (Å²) in [6, 6.07) is 63.7. The third kappa shape index (κ3) is 5.79. The van der Waals surface area contributed by atoms with Crippen molar-refractivity contribution in [1.29, 1.82) is 0 Å². The fourth-order valence-electron chi connectivity index (χ4n) is 10.4. The lowest BCUT2D eigenvalue weighted by Gasteiger charge is -2.76. The van der Waals surface area contributed by atoms with Gasteiger partial charge in [-0.2, -0.15) is 0 Å². The van der Waals surface area contributed by atoms with Crippen molar-refractivity contribution < 1.29 is 0 Å². The van der Waals surface area contributed by atoms with E-state index in [1.807, 2.05) is 36.4 Å². The molecule has 0 aliphatic heterocycles. The fourth-order valence-corrected chi connectivity index (χ4v) is 10.4. The van der Waals surface area contributed by atoms with E-state index in [4.69, 9.17) is 24.9 Å². The number of benzene rings is 7. The lowest BCUT2D eigenvalue weighted by molar-refractivity contribution is -0.219. The first-order chi connectivity index (χ1) is 29.1. The molecule has 5 heteroatoms. The zero-order valence-electron chi connectivity index (χ0n) is 32.4. The van der Waals surface area contributed by atoms with E-state index >= 15 is 0 Å². The summed E-state index contributed by atoms with van der Waals surface area (Å²) in [6.07, 6.45) is 4.21. The fraction of sp³-hybridized carbons (Fsp3) is 0.130. The highest BCUT2D eigenvalue weighted by Gasteiger charge is 2.71. The van der Waals surface area contributed by atoms with Crippen molar-refractivity contribution in [3.05, 3.63) is 188 Å². The summed E-state index contributed by atoms with van der Waals surface area (Å²) < 4.78 is 0. The average molecular weight is 758 g/mol. The Balaban J connectivity index is 0.879. The van der Waals surface area contributed by atoms with E-state index in [9.17, 15) is 0 Å². The van der Waals surface area contributed by atoms with Crippen LogP contribution in [0.15, 0.2) is 182 Å². The summed E-state index contributed by atoms with van der Waals surface area (Å²) in [5.74, 6) is 5.57. The molecule has 2 unspecified atom stereocenters. The summed E-state index contributed by atoms with van der Waals surface area (Å²) >= 11 is 0. The zero-order chi connectivity index (χ0) is 38.9. The summed E-state index contributed by atoms with van der Waals surface area (Å²) in [6.45, 7) is 0. The molecule has 59 heavy (non-hydrogen) atoms. The molecule has 0 spiro atoms. The van der Waals surface area contributed by atoms with Crippen molar-refractivity contribution >= 4 is 10.8 Å². The van der Waals surface area contributed by atoms with Gasteiger partial charge in [0.25, 0.3) is 0 Å². The Kier molecular flexibility index (Phi) is 7.77. The van der Waals surface area contributed by atoms with Crippen LogP contribution in [0.25, 0.3) is 90.0 Å². The Morgan fingerprint density at radius 1 is 0.339 bits per heavy atom. The van der Waals surface area contributed by atoms with Crippen LogP contribution in [0.3, 0.4) is 0 Å². The maximum Gasteiger partial charge on any atom is 0.164 e. The zero-order valence-corrected chi connectivity index (χ0v) is 32.4. The van der Waals surface area contributed by atoms with Crippen LogP contribution < -0.4 is 0 Å². The van der Waals surface area contributed by atoms with E-state index in [0.717, 1.165) is 84.9 Å². The Hall–Kier alpha value is -7.11. The Morgan fingerprint density at radius 2 is 0.814 bits per heavy atom. The Morgan fingerprint density at radius 3 is 1.47 bits per heavy atom. The van der Waals surface area contributed by atoms with E-state index in [1.54, 1.807) is 0 Å². The van der Waals surface area contributed by atoms with Crippen molar-refractivity contribution in [3.63, 3.8) is 0 Å². The molecular formula is C54H39N5. The molecule has 0 N–H and O–H groups in total. The molecule has 9 aromatic rings. The van der Waals surface area contributed by atoms with Gasteiger partial charge in [0.15, 0.2) is 23.3 Å². The van der Waals surface area contributed by atoms with Gasteiger partial charge in [0, 0.05) is 33.4 Å². The molecule has 2 atom stereocenters. The van der Waals surface area contributed by atoms with Gasteiger partial charge >= 0.3 is 0 Å². The minimum absolute atomic E-state index is 0.447. The number of fused-ring (bicyclic) bond motifs is 1. The molecule has 0 bridgehead atoms. The summed E-state index contributed by atoms with van der Waals surface area (Å²) in [7, 11) is 0. The van der Waals surface area contributed by atoms with Gasteiger partial charge in [0.2, 0.25) is 0 Å². The smallest absolute Gasteiger partial charge is 0.164 e. The second-order valence-corrected chi connectivity index (χ2v) is 16.6. The maximum absolute atomic E-state index is 5.18. The molecule has 2 aromatic heterocycles. The SMILES string of the molecule is c1ccc(-c2cc(-c3ccc(-c4cccc(-c5nc(-c6ccccc6)nc(-c6ccc7ccccc7c6)n5)c4)cc3)nc(-c3ccc(C45CC6CC(C4)C65)cc3)n2)cc1. The van der Waals surface area contributed by atoms with Crippen molar-refractivity contribution in [2.45, 2.75) is 24.7 Å². The molecule has 3 fully saturated rings. The standard InChI is InChI=1S/C54H39N5/c1-3-11-36(12-4-1)47-31-48(56-50(55-47)39-24-26-46(27-25-39)54-32-44-30-45(33-54)49(44)54)37-21-18-35(19-22-37)41-16-9-17-42(28-41)52-57-51(38-13-5-2-6-14-38)58-53(59-52)43-23-20-34-10-7-8-15-40(34)29-43/h1-29,31,44-45,49H,30,32-33H2. The predicted molar refractivity (Wildman–Crippen MR) is 237 cm³/mol. The summed E-state index contributed by atoms with van der Waals surface area (Å²) in [5.41, 5.74) is 11.9. The molecular weight excluding hydrogens is 719 g/mol. The van der Waals surface area contributed by atoms with Gasteiger partial charge < -0.3 is 0 Å². The molecule has 0 saturated heterocycles. The molecule has 2 heterocycles. The number of hydrogen-bond acceptors (Lipinski definition) is 5. The third-order valence-corrected chi connectivity index (χ3v) is 13.3. The highest BCUT2D eigenvalue weighted by atomic mass is 15.0. The van der Waals surface area contributed by atoms with Gasteiger partial charge in [-0.15, -0.1) is 0 Å². The lowest BCUT2D eigenvalue weighted by Crippen LogP contribution is -2.71. The van der Waals surface area contributed by atoms with Gasteiger partial charge in [-0.3, -0.25) is 0 Å². The van der Waals surface area contributed by atoms with E-state index < -0.39 is 0 Å². The monoisotopic (exact) mass is 757 g/mol. The topological polar surface area (TPSA) is 64.5 Å². The van der Waals surface area contributed by atoms with Crippen LogP contribution >= 0.6 is 0 Å². The molecule has 3 saturated carbocycles. The first-order valence-electron chi connectivity index (χ1n) is 20.7. The third-order valence-electron chi connectivity index (χ3n) is 13.3. The normalized spacial score (nSPS) is 19.9. The largest absolute Gasteiger partial charge is 0.228 e. The van der Waals surface area contributed by atoms with Gasteiger partial charge in [0.1, 0.15) is 0 Å². The van der Waals surface area contributed by atoms with E-state index in [-0.39, 0.29) is 0 Å². The highest BCUT2D eigenvalue weighted by Crippen LogP contribution is 2.77. The molecule has 0 amide bonds. The maximum atomic E-state index is 5.18. The van der Waals surface area contributed by atoms with Gasteiger partial charge in [0.05, 0.1) is 11.4 Å². The van der Waals surface area contributed by atoms with Crippen LogP contribution in [-0.4, -0.2) is 24.9 Å². The quantitative estimate of drug-likeness (QED) is 0.154. The van der Waals surface area contributed by atoms with Crippen LogP contribution in [-0.2, 0) is 5.41 Å². The van der Waals surface area contributed by atoms with Gasteiger partial charge in [-0.25, -0.2) is 24.9 Å². The summed E-state index contributed by atoms with van der Waals surface area (Å²) in [4.78, 5) is 25.3. The predicted octanol–water partition coefficient (Wildman–Crippen LogP) is 12.8. The minimum Gasteiger partial charge on any atom is -0.228 e. The van der Waals surface area contributed by atoms with Crippen molar-refractivity contribution in [2.75, 3.05) is 0 Å². The second kappa shape index (κ2) is 13.5. The second-order valence-electron chi connectivity index (χ2n) is 16.6. The first kappa shape index (κ1) is 34.0. The van der Waals surface area contributed by atoms with Crippen molar-refractivity contribution in [1.82, 2.24) is 24.9 Å². The van der Waals surface area contributed by atoms with Crippen molar-refractivity contribution in [3.8, 4) is 79.2 Å². The van der Waals surface area contributed by atoms with Crippen LogP contribution in [0.2, 0.25) is 0 Å². The lowest BCUT2D eigenvalue weighted by atomic mass is 9.28. The van der Waals surface area contributed by atoms with E-state index in [2.05, 4.69) is 146 Å². The minimum atomic E-state index is 0.447. The molecule has 12 rings (SSSR count). The molecule has 0 radical (unpaired) electrons. The molecule has 7 aromatic carbocycles. The molecule has 5 nitrogen and oxygen atoms in total. The van der Waals surface area contributed by atoms with Crippen molar-refractivity contribution in [2.24, 2.45) is 17.8 Å². The highest BCUT2D eigenvalue weighted by molar-refractivity contribution is 5.87. The number of aromatic nitrogens is 5. The van der Waals surface area contributed by atoms with Crippen LogP contribution in [0, 0.1) is 17.8 Å². The number of hydrogen-bond donors (Lipinski definition) is 0. The first-order valence-corrected chi connectivity index (χ1v) is 20.7. The Labute approximate surface area is 343 Å². The van der Waals surface area contributed by atoms with Crippen LogP contribution in [0.1, 0.15) is 24.8 Å². The van der Waals surface area contributed by atoms with Gasteiger partial charge in [-0.05, 0) is 88.1 Å². The molecule has 280 valence electrons.